The van der Waals surface area contributed by atoms with Gasteiger partial charge in [0, 0.05) is 22.6 Å². The molecule has 1 atom stereocenters. The highest BCUT2D eigenvalue weighted by Crippen LogP contribution is 2.37. The van der Waals surface area contributed by atoms with E-state index < -0.39 is 0 Å². The molecule has 2 nitrogen and oxygen atoms in total. The van der Waals surface area contributed by atoms with E-state index in [4.69, 9.17) is 11.2 Å². The van der Waals surface area contributed by atoms with E-state index in [9.17, 15) is 0 Å². The first-order chi connectivity index (χ1) is 9.53. The molecular formula is C17H22BrNO. The number of hydrogen-bond acceptors (Lipinski definition) is 2. The molecule has 0 aliphatic heterocycles. The maximum atomic E-state index is 5.61. The lowest BCUT2D eigenvalue weighted by atomic mass is 9.87. The van der Waals surface area contributed by atoms with Gasteiger partial charge in [0.2, 0.25) is 0 Å². The molecule has 1 aromatic carbocycles. The van der Waals surface area contributed by atoms with Crippen molar-refractivity contribution < 1.29 is 4.74 Å². The van der Waals surface area contributed by atoms with Gasteiger partial charge < -0.3 is 10.1 Å². The number of terminal acetylenes is 1. The quantitative estimate of drug-likeness (QED) is 0.817. The number of benzene rings is 1. The molecule has 0 bridgehead atoms. The van der Waals surface area contributed by atoms with Crippen LogP contribution in [0.5, 0.6) is 5.75 Å². The van der Waals surface area contributed by atoms with Crippen LogP contribution in [0.1, 0.15) is 38.7 Å². The van der Waals surface area contributed by atoms with Crippen LogP contribution in [-0.2, 0) is 6.54 Å². The van der Waals surface area contributed by atoms with Gasteiger partial charge in [0.1, 0.15) is 12.4 Å². The minimum absolute atomic E-state index is 0.309. The predicted molar refractivity (Wildman–Crippen MR) is 86.7 cm³/mol. The summed E-state index contributed by atoms with van der Waals surface area (Å²) in [6, 6.07) is 6.62. The summed E-state index contributed by atoms with van der Waals surface area (Å²) in [6.07, 6.45) is 9.12. The van der Waals surface area contributed by atoms with Crippen molar-refractivity contribution in [3.8, 4) is 18.1 Å². The van der Waals surface area contributed by atoms with Gasteiger partial charge in [0.25, 0.3) is 0 Å². The standard InChI is InChI=1S/C17H22BrNO/c1-4-10-20-15-8-7-14(18)11-13(15)12-19-16-6-5-9-17(16,2)3/h1,7-8,11,16,19H,5-6,9-10,12H2,2-3H3. The van der Waals surface area contributed by atoms with E-state index in [0.717, 1.165) is 22.3 Å². The molecule has 3 heteroatoms. The summed E-state index contributed by atoms with van der Waals surface area (Å²) in [5, 5.41) is 3.68. The zero-order chi connectivity index (χ0) is 14.6. The maximum absolute atomic E-state index is 5.61. The second-order valence-corrected chi connectivity index (χ2v) is 6.97. The number of ether oxygens (including phenoxy) is 1. The lowest BCUT2D eigenvalue weighted by molar-refractivity contribution is 0.280. The highest BCUT2D eigenvalue weighted by molar-refractivity contribution is 9.10. The summed E-state index contributed by atoms with van der Waals surface area (Å²) in [7, 11) is 0. The highest BCUT2D eigenvalue weighted by Gasteiger charge is 2.33. The molecule has 1 saturated carbocycles. The molecule has 2 rings (SSSR count). The van der Waals surface area contributed by atoms with Crippen molar-refractivity contribution in [1.29, 1.82) is 0 Å². The van der Waals surface area contributed by atoms with Gasteiger partial charge in [-0.05, 0) is 36.5 Å². The van der Waals surface area contributed by atoms with Gasteiger partial charge in [0.05, 0.1) is 0 Å². The van der Waals surface area contributed by atoms with Crippen LogP contribution in [0.25, 0.3) is 0 Å². The molecule has 0 spiro atoms. The third kappa shape index (κ3) is 3.77. The van der Waals surface area contributed by atoms with E-state index in [1.165, 1.54) is 19.3 Å². The molecule has 1 aliphatic carbocycles. The van der Waals surface area contributed by atoms with E-state index in [-0.39, 0.29) is 0 Å². The van der Waals surface area contributed by atoms with Crippen LogP contribution in [0, 0.1) is 17.8 Å². The summed E-state index contributed by atoms with van der Waals surface area (Å²) >= 11 is 3.52. The molecule has 1 N–H and O–H groups in total. The fraction of sp³-hybridized carbons (Fsp3) is 0.529. The Hall–Kier alpha value is -0.980. The molecule has 1 unspecified atom stereocenters. The molecule has 1 aliphatic rings. The molecule has 0 amide bonds. The summed E-state index contributed by atoms with van der Waals surface area (Å²) in [6.45, 7) is 5.81. The zero-order valence-corrected chi connectivity index (χ0v) is 13.8. The molecule has 0 saturated heterocycles. The Morgan fingerprint density at radius 3 is 2.95 bits per heavy atom. The minimum Gasteiger partial charge on any atom is -0.481 e. The van der Waals surface area contributed by atoms with Gasteiger partial charge in [0.15, 0.2) is 0 Å². The van der Waals surface area contributed by atoms with Crippen LogP contribution in [0.4, 0.5) is 0 Å². The number of nitrogens with one attached hydrogen (secondary N) is 1. The van der Waals surface area contributed by atoms with Gasteiger partial charge in [-0.1, -0.05) is 42.1 Å². The average Bonchev–Trinajstić information content (AvgIpc) is 2.74. The van der Waals surface area contributed by atoms with Gasteiger partial charge >= 0.3 is 0 Å². The Morgan fingerprint density at radius 1 is 1.50 bits per heavy atom. The maximum Gasteiger partial charge on any atom is 0.148 e. The van der Waals surface area contributed by atoms with Crippen molar-refractivity contribution in [3.63, 3.8) is 0 Å². The SMILES string of the molecule is C#CCOc1ccc(Br)cc1CNC1CCCC1(C)C. The lowest BCUT2D eigenvalue weighted by Gasteiger charge is -2.28. The van der Waals surface area contributed by atoms with Crippen molar-refractivity contribution in [2.45, 2.75) is 45.7 Å². The van der Waals surface area contributed by atoms with Gasteiger partial charge in [-0.25, -0.2) is 0 Å². The van der Waals surface area contributed by atoms with Crippen molar-refractivity contribution in [1.82, 2.24) is 5.32 Å². The number of hydrogen-bond donors (Lipinski definition) is 1. The second kappa shape index (κ2) is 6.65. The Labute approximate surface area is 130 Å². The number of halogens is 1. The summed E-state index contributed by atoms with van der Waals surface area (Å²) < 4.78 is 6.67. The van der Waals surface area contributed by atoms with Gasteiger partial charge in [-0.3, -0.25) is 0 Å². The number of rotatable bonds is 5. The van der Waals surface area contributed by atoms with Crippen molar-refractivity contribution >= 4 is 15.9 Å². The van der Waals surface area contributed by atoms with Crippen LogP contribution < -0.4 is 10.1 Å². The molecule has 20 heavy (non-hydrogen) atoms. The lowest BCUT2D eigenvalue weighted by Crippen LogP contribution is -2.37. The summed E-state index contributed by atoms with van der Waals surface area (Å²) in [5.74, 6) is 3.38. The largest absolute Gasteiger partial charge is 0.481 e. The van der Waals surface area contributed by atoms with Crippen molar-refractivity contribution in [2.24, 2.45) is 5.41 Å². The normalized spacial score (nSPS) is 20.6. The third-order valence-electron chi connectivity index (χ3n) is 4.13. The van der Waals surface area contributed by atoms with Crippen LogP contribution in [0.2, 0.25) is 0 Å². The van der Waals surface area contributed by atoms with E-state index >= 15 is 0 Å². The molecule has 0 aromatic heterocycles. The minimum atomic E-state index is 0.309. The van der Waals surface area contributed by atoms with E-state index in [2.05, 4.69) is 47.1 Å². The molecule has 108 valence electrons. The molecule has 1 fully saturated rings. The van der Waals surface area contributed by atoms with Crippen molar-refractivity contribution in [2.75, 3.05) is 6.61 Å². The molecular weight excluding hydrogens is 314 g/mol. The van der Waals surface area contributed by atoms with Gasteiger partial charge in [-0.15, -0.1) is 6.42 Å². The average molecular weight is 336 g/mol. The molecule has 0 radical (unpaired) electrons. The smallest absolute Gasteiger partial charge is 0.148 e. The third-order valence-corrected chi connectivity index (χ3v) is 4.62. The Balaban J connectivity index is 2.04. The Kier molecular flexibility index (Phi) is 5.12. The van der Waals surface area contributed by atoms with Crippen molar-refractivity contribution in [3.05, 3.63) is 28.2 Å². The summed E-state index contributed by atoms with van der Waals surface area (Å²) in [4.78, 5) is 0. The second-order valence-electron chi connectivity index (χ2n) is 6.06. The van der Waals surface area contributed by atoms with Crippen LogP contribution in [0.3, 0.4) is 0 Å². The van der Waals surface area contributed by atoms with Crippen LogP contribution in [-0.4, -0.2) is 12.6 Å². The topological polar surface area (TPSA) is 21.3 Å². The highest BCUT2D eigenvalue weighted by atomic mass is 79.9. The van der Waals surface area contributed by atoms with Crippen LogP contribution in [0.15, 0.2) is 22.7 Å². The summed E-state index contributed by atoms with van der Waals surface area (Å²) in [5.41, 5.74) is 1.53. The van der Waals surface area contributed by atoms with E-state index in [0.29, 0.717) is 18.1 Å². The van der Waals surface area contributed by atoms with Gasteiger partial charge in [-0.2, -0.15) is 0 Å². The Bertz CT molecular complexity index is 504. The van der Waals surface area contributed by atoms with E-state index in [1.54, 1.807) is 0 Å². The first kappa shape index (κ1) is 15.4. The fourth-order valence-electron chi connectivity index (χ4n) is 2.88. The predicted octanol–water partition coefficient (Wildman–Crippen LogP) is 4.13. The zero-order valence-electron chi connectivity index (χ0n) is 12.2. The fourth-order valence-corrected chi connectivity index (χ4v) is 3.29. The Morgan fingerprint density at radius 2 is 2.30 bits per heavy atom. The molecule has 1 aromatic rings. The van der Waals surface area contributed by atoms with E-state index in [1.807, 2.05) is 12.1 Å². The van der Waals surface area contributed by atoms with Crippen LogP contribution >= 0.6 is 15.9 Å². The first-order valence-corrected chi connectivity index (χ1v) is 7.90. The first-order valence-electron chi connectivity index (χ1n) is 7.11. The molecule has 0 heterocycles. The monoisotopic (exact) mass is 335 g/mol.